The largest absolute Gasteiger partial charge is 0.395 e. The van der Waals surface area contributed by atoms with Crippen LogP contribution in [0.25, 0.3) is 0 Å². The van der Waals surface area contributed by atoms with Gasteiger partial charge >= 0.3 is 0 Å². The molecule has 0 unspecified atom stereocenters. The molecule has 0 saturated heterocycles. The van der Waals surface area contributed by atoms with Gasteiger partial charge in [-0.1, -0.05) is 6.07 Å². The van der Waals surface area contributed by atoms with Crippen LogP contribution < -0.4 is 10.6 Å². The van der Waals surface area contributed by atoms with Gasteiger partial charge in [-0.2, -0.15) is 0 Å². The van der Waals surface area contributed by atoms with Crippen molar-refractivity contribution in [3.63, 3.8) is 0 Å². The molecule has 0 aliphatic heterocycles. The Kier molecular flexibility index (Phi) is 3.91. The zero-order valence-corrected chi connectivity index (χ0v) is 9.07. The number of nitrogens with zero attached hydrogens (tertiary/aromatic N) is 1. The van der Waals surface area contributed by atoms with Crippen LogP contribution >= 0.6 is 0 Å². The van der Waals surface area contributed by atoms with Crippen LogP contribution in [0.4, 0.5) is 15.8 Å². The molecule has 0 fully saturated rings. The van der Waals surface area contributed by atoms with Crippen LogP contribution in [-0.4, -0.2) is 24.3 Å². The summed E-state index contributed by atoms with van der Waals surface area (Å²) in [6.45, 7) is 4.42. The fourth-order valence-corrected chi connectivity index (χ4v) is 1.54. The number of halogens is 1. The molecule has 0 atom stereocenters. The summed E-state index contributed by atoms with van der Waals surface area (Å²) in [6.07, 6.45) is 0. The predicted molar refractivity (Wildman–Crippen MR) is 60.4 cm³/mol. The van der Waals surface area contributed by atoms with Crippen LogP contribution in [0, 0.1) is 5.82 Å². The van der Waals surface area contributed by atoms with E-state index >= 15 is 0 Å². The number of hydrogen-bond donors (Lipinski definition) is 2. The zero-order chi connectivity index (χ0) is 11.4. The lowest BCUT2D eigenvalue weighted by Crippen LogP contribution is -2.34. The van der Waals surface area contributed by atoms with E-state index in [9.17, 15) is 4.39 Å². The van der Waals surface area contributed by atoms with E-state index in [-0.39, 0.29) is 18.3 Å². The van der Waals surface area contributed by atoms with Gasteiger partial charge in [0.2, 0.25) is 0 Å². The van der Waals surface area contributed by atoms with Gasteiger partial charge in [0, 0.05) is 12.6 Å². The number of benzene rings is 1. The monoisotopic (exact) mass is 212 g/mol. The molecule has 0 aromatic heterocycles. The lowest BCUT2D eigenvalue weighted by atomic mass is 10.2. The Morgan fingerprint density at radius 1 is 1.47 bits per heavy atom. The van der Waals surface area contributed by atoms with Crippen LogP contribution in [0.3, 0.4) is 0 Å². The van der Waals surface area contributed by atoms with E-state index in [0.29, 0.717) is 12.2 Å². The molecule has 3 N–H and O–H groups in total. The maximum atomic E-state index is 13.2. The van der Waals surface area contributed by atoms with Crippen molar-refractivity contribution in [1.82, 2.24) is 0 Å². The minimum absolute atomic E-state index is 0.0220. The minimum Gasteiger partial charge on any atom is -0.395 e. The summed E-state index contributed by atoms with van der Waals surface area (Å²) in [5, 5.41) is 8.93. The van der Waals surface area contributed by atoms with Crippen molar-refractivity contribution in [3.8, 4) is 0 Å². The molecule has 0 radical (unpaired) electrons. The van der Waals surface area contributed by atoms with Crippen molar-refractivity contribution in [2.45, 2.75) is 19.9 Å². The van der Waals surface area contributed by atoms with E-state index in [4.69, 9.17) is 10.8 Å². The highest BCUT2D eigenvalue weighted by Gasteiger charge is 2.14. The first-order chi connectivity index (χ1) is 7.07. The molecule has 15 heavy (non-hydrogen) atoms. The Morgan fingerprint density at radius 2 is 2.13 bits per heavy atom. The molecule has 1 rings (SSSR count). The highest BCUT2D eigenvalue weighted by Crippen LogP contribution is 2.26. The van der Waals surface area contributed by atoms with Crippen LogP contribution in [0.2, 0.25) is 0 Å². The predicted octanol–water partition coefficient (Wildman–Crippen LogP) is 1.61. The average Bonchev–Trinajstić information content (AvgIpc) is 2.19. The van der Waals surface area contributed by atoms with Crippen molar-refractivity contribution in [2.75, 3.05) is 23.8 Å². The summed E-state index contributed by atoms with van der Waals surface area (Å²) in [4.78, 5) is 1.87. The molecular weight excluding hydrogens is 195 g/mol. The number of aliphatic hydroxyl groups excluding tert-OH is 1. The molecule has 0 amide bonds. The maximum Gasteiger partial charge on any atom is 0.148 e. The molecular formula is C11H17FN2O. The Morgan fingerprint density at radius 3 is 2.67 bits per heavy atom. The molecule has 4 heteroatoms. The van der Waals surface area contributed by atoms with E-state index in [0.717, 1.165) is 0 Å². The van der Waals surface area contributed by atoms with Gasteiger partial charge in [0.1, 0.15) is 5.82 Å². The summed E-state index contributed by atoms with van der Waals surface area (Å²) in [6, 6.07) is 4.87. The van der Waals surface area contributed by atoms with E-state index < -0.39 is 5.82 Å². The lowest BCUT2D eigenvalue weighted by Gasteiger charge is -2.29. The first-order valence-corrected chi connectivity index (χ1v) is 4.99. The Bertz CT molecular complexity index is 328. The highest BCUT2D eigenvalue weighted by molar-refractivity contribution is 5.68. The molecule has 1 aromatic carbocycles. The second kappa shape index (κ2) is 4.98. The molecule has 1 aromatic rings. The molecule has 84 valence electrons. The number of nitrogens with two attached hydrogens (primary N) is 1. The Labute approximate surface area is 89.3 Å². The van der Waals surface area contributed by atoms with E-state index in [2.05, 4.69) is 0 Å². The van der Waals surface area contributed by atoms with Crippen molar-refractivity contribution in [2.24, 2.45) is 0 Å². The van der Waals surface area contributed by atoms with Crippen LogP contribution in [-0.2, 0) is 0 Å². The lowest BCUT2D eigenvalue weighted by molar-refractivity contribution is 0.299. The van der Waals surface area contributed by atoms with Crippen molar-refractivity contribution in [3.05, 3.63) is 24.0 Å². The normalized spacial score (nSPS) is 10.7. The number of para-hydroxylation sites is 1. The third kappa shape index (κ3) is 2.59. The summed E-state index contributed by atoms with van der Waals surface area (Å²) in [5.41, 5.74) is 6.43. The molecule has 0 aliphatic carbocycles. The average molecular weight is 212 g/mol. The molecule has 3 nitrogen and oxygen atoms in total. The molecule has 0 aliphatic rings. The number of nitrogen functional groups attached to an aromatic ring is 1. The standard InChI is InChI=1S/C11H17FN2O/c1-8(2)14(6-7-15)10-5-3-4-9(12)11(10)13/h3-5,8,15H,6-7,13H2,1-2H3. The smallest absolute Gasteiger partial charge is 0.148 e. The zero-order valence-electron chi connectivity index (χ0n) is 9.07. The second-order valence-electron chi connectivity index (χ2n) is 3.68. The summed E-state index contributed by atoms with van der Waals surface area (Å²) >= 11 is 0. The highest BCUT2D eigenvalue weighted by atomic mass is 19.1. The topological polar surface area (TPSA) is 49.5 Å². The fraction of sp³-hybridized carbons (Fsp3) is 0.455. The quantitative estimate of drug-likeness (QED) is 0.745. The number of hydrogen-bond acceptors (Lipinski definition) is 3. The van der Waals surface area contributed by atoms with Crippen LogP contribution in [0.1, 0.15) is 13.8 Å². The van der Waals surface area contributed by atoms with Crippen LogP contribution in [0.15, 0.2) is 18.2 Å². The van der Waals surface area contributed by atoms with E-state index in [1.165, 1.54) is 6.07 Å². The number of anilines is 2. The van der Waals surface area contributed by atoms with Gasteiger partial charge in [-0.15, -0.1) is 0 Å². The summed E-state index contributed by atoms with van der Waals surface area (Å²) < 4.78 is 13.2. The third-order valence-corrected chi connectivity index (χ3v) is 2.30. The van der Waals surface area contributed by atoms with Gasteiger partial charge in [0.05, 0.1) is 18.0 Å². The van der Waals surface area contributed by atoms with Gasteiger partial charge in [-0.3, -0.25) is 0 Å². The SMILES string of the molecule is CC(C)N(CCO)c1cccc(F)c1N. The van der Waals surface area contributed by atoms with Crippen molar-refractivity contribution >= 4 is 11.4 Å². The Hall–Kier alpha value is -1.29. The van der Waals surface area contributed by atoms with Gasteiger partial charge in [0.25, 0.3) is 0 Å². The van der Waals surface area contributed by atoms with Gasteiger partial charge in [0.15, 0.2) is 0 Å². The van der Waals surface area contributed by atoms with Gasteiger partial charge < -0.3 is 15.7 Å². The van der Waals surface area contributed by atoms with Crippen LogP contribution in [0.5, 0.6) is 0 Å². The second-order valence-corrected chi connectivity index (χ2v) is 3.68. The van der Waals surface area contributed by atoms with E-state index in [1.54, 1.807) is 12.1 Å². The first kappa shape index (κ1) is 11.8. The number of aliphatic hydroxyl groups is 1. The first-order valence-electron chi connectivity index (χ1n) is 4.99. The third-order valence-electron chi connectivity index (χ3n) is 2.30. The van der Waals surface area contributed by atoms with Crippen molar-refractivity contribution < 1.29 is 9.50 Å². The summed E-state index contributed by atoms with van der Waals surface area (Å²) in [7, 11) is 0. The van der Waals surface area contributed by atoms with E-state index in [1.807, 2.05) is 18.7 Å². The minimum atomic E-state index is -0.420. The van der Waals surface area contributed by atoms with Gasteiger partial charge in [-0.05, 0) is 26.0 Å². The maximum absolute atomic E-state index is 13.2. The van der Waals surface area contributed by atoms with Crippen molar-refractivity contribution in [1.29, 1.82) is 0 Å². The molecule has 0 saturated carbocycles. The molecule has 0 spiro atoms. The fourth-order valence-electron chi connectivity index (χ4n) is 1.54. The number of rotatable bonds is 4. The molecule has 0 bridgehead atoms. The Balaban J connectivity index is 3.05. The van der Waals surface area contributed by atoms with Gasteiger partial charge in [-0.25, -0.2) is 4.39 Å². The molecule has 0 heterocycles. The summed E-state index contributed by atoms with van der Waals surface area (Å²) in [5.74, 6) is -0.420.